The van der Waals surface area contributed by atoms with E-state index in [0.717, 1.165) is 18.7 Å². The molecule has 1 heterocycles. The van der Waals surface area contributed by atoms with Crippen molar-refractivity contribution in [3.05, 3.63) is 23.9 Å². The molecule has 108 valence electrons. The lowest BCUT2D eigenvalue weighted by molar-refractivity contribution is -0.137. The maximum atomic E-state index is 12.4. The summed E-state index contributed by atoms with van der Waals surface area (Å²) in [5.74, 6) is 0.901. The van der Waals surface area contributed by atoms with E-state index >= 15 is 0 Å². The highest BCUT2D eigenvalue weighted by molar-refractivity contribution is 5.38. The first kappa shape index (κ1) is 15.8. The van der Waals surface area contributed by atoms with Crippen molar-refractivity contribution in [1.82, 2.24) is 4.98 Å². The summed E-state index contributed by atoms with van der Waals surface area (Å²) in [6, 6.07) is 2.50. The Bertz CT molecular complexity index is 387. The molecule has 0 spiro atoms. The minimum absolute atomic E-state index is 0.0805. The number of rotatable bonds is 5. The summed E-state index contributed by atoms with van der Waals surface area (Å²) in [7, 11) is 1.79. The van der Waals surface area contributed by atoms with E-state index in [-0.39, 0.29) is 6.04 Å². The first-order valence-electron chi connectivity index (χ1n) is 6.21. The molecular formula is C13H20F3N3. The van der Waals surface area contributed by atoms with Gasteiger partial charge in [-0.2, -0.15) is 13.2 Å². The van der Waals surface area contributed by atoms with Crippen LogP contribution in [0.2, 0.25) is 0 Å². The third kappa shape index (κ3) is 4.70. The third-order valence-electron chi connectivity index (χ3n) is 3.12. The SMILES string of the molecule is CC(C)C(N)CCN(C)c1ccc(C(F)(F)F)cn1. The number of aromatic nitrogens is 1. The summed E-state index contributed by atoms with van der Waals surface area (Å²) in [6.07, 6.45) is -2.71. The van der Waals surface area contributed by atoms with Crippen LogP contribution in [-0.2, 0) is 6.18 Å². The fourth-order valence-corrected chi connectivity index (χ4v) is 1.57. The van der Waals surface area contributed by atoms with Crippen molar-refractivity contribution in [1.29, 1.82) is 0 Å². The van der Waals surface area contributed by atoms with Gasteiger partial charge >= 0.3 is 6.18 Å². The molecule has 0 amide bonds. The van der Waals surface area contributed by atoms with Crippen LogP contribution in [0.5, 0.6) is 0 Å². The van der Waals surface area contributed by atoms with Crippen LogP contribution < -0.4 is 10.6 Å². The maximum absolute atomic E-state index is 12.4. The lowest BCUT2D eigenvalue weighted by atomic mass is 10.0. The van der Waals surface area contributed by atoms with Gasteiger partial charge in [0.1, 0.15) is 5.82 Å². The second-order valence-electron chi connectivity index (χ2n) is 5.02. The lowest BCUT2D eigenvalue weighted by Crippen LogP contribution is -2.32. The zero-order chi connectivity index (χ0) is 14.6. The van der Waals surface area contributed by atoms with Gasteiger partial charge < -0.3 is 10.6 Å². The fraction of sp³-hybridized carbons (Fsp3) is 0.615. The van der Waals surface area contributed by atoms with Crippen LogP contribution in [0.3, 0.4) is 0 Å². The van der Waals surface area contributed by atoms with Gasteiger partial charge in [-0.1, -0.05) is 13.8 Å². The number of hydrogen-bond donors (Lipinski definition) is 1. The van der Waals surface area contributed by atoms with Crippen LogP contribution in [0.4, 0.5) is 19.0 Å². The number of halogens is 3. The van der Waals surface area contributed by atoms with E-state index in [9.17, 15) is 13.2 Å². The first-order valence-corrected chi connectivity index (χ1v) is 6.21. The van der Waals surface area contributed by atoms with E-state index in [4.69, 9.17) is 5.73 Å². The van der Waals surface area contributed by atoms with E-state index in [0.29, 0.717) is 18.3 Å². The zero-order valence-corrected chi connectivity index (χ0v) is 11.4. The molecule has 1 rings (SSSR count). The number of pyridine rings is 1. The fourth-order valence-electron chi connectivity index (χ4n) is 1.57. The Hall–Kier alpha value is -1.30. The van der Waals surface area contributed by atoms with Crippen LogP contribution in [0, 0.1) is 5.92 Å². The Labute approximate surface area is 111 Å². The van der Waals surface area contributed by atoms with Crippen molar-refractivity contribution in [3.63, 3.8) is 0 Å². The predicted molar refractivity (Wildman–Crippen MR) is 69.9 cm³/mol. The van der Waals surface area contributed by atoms with Gasteiger partial charge in [0.25, 0.3) is 0 Å². The smallest absolute Gasteiger partial charge is 0.360 e. The first-order chi connectivity index (χ1) is 8.71. The van der Waals surface area contributed by atoms with Gasteiger partial charge in [-0.15, -0.1) is 0 Å². The number of anilines is 1. The highest BCUT2D eigenvalue weighted by Crippen LogP contribution is 2.29. The van der Waals surface area contributed by atoms with E-state index in [1.807, 2.05) is 18.7 Å². The van der Waals surface area contributed by atoms with Crippen molar-refractivity contribution in [3.8, 4) is 0 Å². The second kappa shape index (κ2) is 6.23. The molecule has 0 radical (unpaired) electrons. The van der Waals surface area contributed by atoms with Crippen molar-refractivity contribution in [2.24, 2.45) is 11.7 Å². The highest BCUT2D eigenvalue weighted by Gasteiger charge is 2.30. The summed E-state index contributed by atoms with van der Waals surface area (Å²) in [6.45, 7) is 4.75. The second-order valence-corrected chi connectivity index (χ2v) is 5.02. The number of alkyl halides is 3. The Morgan fingerprint density at radius 1 is 1.32 bits per heavy atom. The molecule has 6 heteroatoms. The lowest BCUT2D eigenvalue weighted by Gasteiger charge is -2.22. The van der Waals surface area contributed by atoms with Gasteiger partial charge in [0.2, 0.25) is 0 Å². The molecule has 0 aromatic carbocycles. The van der Waals surface area contributed by atoms with Crippen LogP contribution in [-0.4, -0.2) is 24.6 Å². The molecular weight excluding hydrogens is 255 g/mol. The quantitative estimate of drug-likeness (QED) is 0.898. The van der Waals surface area contributed by atoms with Crippen molar-refractivity contribution in [2.75, 3.05) is 18.5 Å². The average Bonchev–Trinajstić information content (AvgIpc) is 2.34. The molecule has 0 saturated carbocycles. The molecule has 19 heavy (non-hydrogen) atoms. The Morgan fingerprint density at radius 2 is 1.95 bits per heavy atom. The molecule has 3 nitrogen and oxygen atoms in total. The van der Waals surface area contributed by atoms with E-state index in [2.05, 4.69) is 4.98 Å². The van der Waals surface area contributed by atoms with Crippen molar-refractivity contribution in [2.45, 2.75) is 32.5 Å². The molecule has 1 aromatic heterocycles. The van der Waals surface area contributed by atoms with Gasteiger partial charge in [-0.05, 0) is 24.5 Å². The molecule has 0 saturated heterocycles. The molecule has 2 N–H and O–H groups in total. The number of hydrogen-bond acceptors (Lipinski definition) is 3. The molecule has 0 aliphatic rings. The van der Waals surface area contributed by atoms with E-state index in [1.165, 1.54) is 6.07 Å². The normalized spacial score (nSPS) is 13.7. The molecule has 1 aromatic rings. The Balaban J connectivity index is 2.61. The molecule has 1 atom stereocenters. The summed E-state index contributed by atoms with van der Waals surface area (Å²) in [5, 5.41) is 0. The van der Waals surface area contributed by atoms with E-state index < -0.39 is 11.7 Å². The topological polar surface area (TPSA) is 42.1 Å². The third-order valence-corrected chi connectivity index (χ3v) is 3.12. The minimum Gasteiger partial charge on any atom is -0.360 e. The van der Waals surface area contributed by atoms with Gasteiger partial charge in [-0.3, -0.25) is 0 Å². The minimum atomic E-state index is -4.34. The molecule has 0 aliphatic carbocycles. The van der Waals surface area contributed by atoms with Crippen LogP contribution in [0.25, 0.3) is 0 Å². The standard InChI is InChI=1S/C13H20F3N3/c1-9(2)11(17)6-7-19(3)12-5-4-10(8-18-12)13(14,15)16/h4-5,8-9,11H,6-7,17H2,1-3H3. The maximum Gasteiger partial charge on any atom is 0.417 e. The van der Waals surface area contributed by atoms with Crippen LogP contribution in [0.15, 0.2) is 18.3 Å². The number of nitrogens with two attached hydrogens (primary N) is 1. The van der Waals surface area contributed by atoms with Gasteiger partial charge in [-0.25, -0.2) is 4.98 Å². The van der Waals surface area contributed by atoms with E-state index in [1.54, 1.807) is 7.05 Å². The summed E-state index contributed by atoms with van der Waals surface area (Å²) < 4.78 is 37.2. The van der Waals surface area contributed by atoms with Crippen LogP contribution >= 0.6 is 0 Å². The largest absolute Gasteiger partial charge is 0.417 e. The Morgan fingerprint density at radius 3 is 2.37 bits per heavy atom. The van der Waals surface area contributed by atoms with Crippen molar-refractivity contribution < 1.29 is 13.2 Å². The molecule has 0 bridgehead atoms. The zero-order valence-electron chi connectivity index (χ0n) is 11.4. The van der Waals surface area contributed by atoms with Gasteiger partial charge in [0.15, 0.2) is 0 Å². The van der Waals surface area contributed by atoms with Crippen LogP contribution in [0.1, 0.15) is 25.8 Å². The summed E-state index contributed by atoms with van der Waals surface area (Å²) in [5.41, 5.74) is 5.20. The Kier molecular flexibility index (Phi) is 5.17. The molecule has 0 aliphatic heterocycles. The highest BCUT2D eigenvalue weighted by atomic mass is 19.4. The molecule has 1 unspecified atom stereocenters. The monoisotopic (exact) mass is 275 g/mol. The number of nitrogens with zero attached hydrogens (tertiary/aromatic N) is 2. The van der Waals surface area contributed by atoms with Gasteiger partial charge in [0, 0.05) is 25.8 Å². The molecule has 0 fully saturated rings. The predicted octanol–water partition coefficient (Wildman–Crippen LogP) is 2.91. The summed E-state index contributed by atoms with van der Waals surface area (Å²) in [4.78, 5) is 5.64. The van der Waals surface area contributed by atoms with Crippen molar-refractivity contribution >= 4 is 5.82 Å². The average molecular weight is 275 g/mol. The summed E-state index contributed by atoms with van der Waals surface area (Å²) >= 11 is 0. The van der Waals surface area contributed by atoms with Gasteiger partial charge in [0.05, 0.1) is 5.56 Å².